The Morgan fingerprint density at radius 2 is 1.67 bits per heavy atom. The van der Waals surface area contributed by atoms with Crippen LogP contribution in [0.5, 0.6) is 11.5 Å². The van der Waals surface area contributed by atoms with Crippen LogP contribution in [0.2, 0.25) is 0 Å². The maximum absolute atomic E-state index is 6.00. The fourth-order valence-corrected chi connectivity index (χ4v) is 3.78. The predicted octanol–water partition coefficient (Wildman–Crippen LogP) is 4.54. The second-order valence-electron chi connectivity index (χ2n) is 8.29. The normalized spacial score (nSPS) is 15.6. The van der Waals surface area contributed by atoms with Crippen LogP contribution >= 0.6 is 0 Å². The number of rotatable bonds is 7. The predicted molar refractivity (Wildman–Crippen MR) is 128 cm³/mol. The van der Waals surface area contributed by atoms with Gasteiger partial charge in [0.2, 0.25) is 11.9 Å². The second-order valence-corrected chi connectivity index (χ2v) is 8.29. The minimum atomic E-state index is -0.163. The highest BCUT2D eigenvalue weighted by Gasteiger charge is 2.26. The lowest BCUT2D eigenvalue weighted by molar-refractivity contribution is 0.259. The number of nitrogen functional groups attached to an aromatic ring is 1. The topological polar surface area (TPSA) is 134 Å². The average molecular weight is 448 g/mol. The van der Waals surface area contributed by atoms with E-state index >= 15 is 0 Å². The molecule has 0 amide bonds. The molecule has 0 radical (unpaired) electrons. The zero-order chi connectivity index (χ0) is 23.1. The van der Waals surface area contributed by atoms with Gasteiger partial charge in [0.15, 0.2) is 12.4 Å². The minimum absolute atomic E-state index is 0.0522. The smallest absolute Gasteiger partial charge is 0.282 e. The number of nitrogens with two attached hydrogens (primary N) is 2. The molecule has 1 aliphatic rings. The van der Waals surface area contributed by atoms with Gasteiger partial charge in [0.1, 0.15) is 11.5 Å². The van der Waals surface area contributed by atoms with Crippen molar-refractivity contribution in [2.24, 2.45) is 10.7 Å². The third kappa shape index (κ3) is 6.55. The molecule has 3 aromatic rings. The summed E-state index contributed by atoms with van der Waals surface area (Å²) in [5.41, 5.74) is 12.5. The lowest BCUT2D eigenvalue weighted by Crippen LogP contribution is -2.30. The zero-order valence-corrected chi connectivity index (χ0v) is 18.7. The molecule has 9 nitrogen and oxygen atoms in total. The van der Waals surface area contributed by atoms with Crippen molar-refractivity contribution in [3.63, 3.8) is 0 Å². The van der Waals surface area contributed by atoms with Gasteiger partial charge in [-0.1, -0.05) is 37.5 Å². The van der Waals surface area contributed by atoms with Crippen molar-refractivity contribution in [2.45, 2.75) is 51.2 Å². The summed E-state index contributed by atoms with van der Waals surface area (Å²) >= 11 is 0. The molecule has 0 aliphatic heterocycles. The van der Waals surface area contributed by atoms with Gasteiger partial charge in [-0.25, -0.2) is 4.99 Å². The number of aliphatic imine (C=N–C) groups is 1. The Morgan fingerprint density at radius 1 is 0.970 bits per heavy atom. The Kier molecular flexibility index (Phi) is 6.87. The molecular formula is C24H29N7O2. The van der Waals surface area contributed by atoms with Crippen LogP contribution in [0.15, 0.2) is 59.6 Å². The number of ether oxygens (including phenoxy) is 2. The Labute approximate surface area is 193 Å². The Balaban J connectivity index is 1.37. The summed E-state index contributed by atoms with van der Waals surface area (Å²) in [5, 5.41) is 3.12. The van der Waals surface area contributed by atoms with Crippen LogP contribution in [0.25, 0.3) is 0 Å². The van der Waals surface area contributed by atoms with E-state index in [-0.39, 0.29) is 24.1 Å². The van der Waals surface area contributed by atoms with Gasteiger partial charge in [0.25, 0.3) is 6.02 Å². The third-order valence-electron chi connectivity index (χ3n) is 5.45. The first-order chi connectivity index (χ1) is 16.0. The molecule has 1 heterocycles. The molecule has 33 heavy (non-hydrogen) atoms. The summed E-state index contributed by atoms with van der Waals surface area (Å²) in [6, 6.07) is 17.2. The molecule has 0 atom stereocenters. The molecular weight excluding hydrogens is 418 g/mol. The highest BCUT2D eigenvalue weighted by atomic mass is 16.5. The molecule has 1 fully saturated rings. The van der Waals surface area contributed by atoms with Gasteiger partial charge in [-0.15, -0.1) is 0 Å². The molecule has 2 aromatic carbocycles. The van der Waals surface area contributed by atoms with Crippen LogP contribution in [0.4, 0.5) is 17.6 Å². The first-order valence-corrected chi connectivity index (χ1v) is 11.1. The zero-order valence-electron chi connectivity index (χ0n) is 18.7. The molecule has 1 saturated carbocycles. The lowest BCUT2D eigenvalue weighted by Gasteiger charge is -2.29. The highest BCUT2D eigenvalue weighted by Crippen LogP contribution is 2.31. The van der Waals surface area contributed by atoms with E-state index in [1.807, 2.05) is 54.6 Å². The number of anilines is 3. The van der Waals surface area contributed by atoms with Gasteiger partial charge >= 0.3 is 0 Å². The number of nitrogens with one attached hydrogen (secondary N) is 1. The van der Waals surface area contributed by atoms with E-state index < -0.39 is 0 Å². The second kappa shape index (κ2) is 10.2. The minimum Gasteiger partial charge on any atom is -0.457 e. The molecule has 1 aromatic heterocycles. The average Bonchev–Trinajstić information content (AvgIpc) is 2.80. The molecule has 0 bridgehead atoms. The number of hydrogen-bond donors (Lipinski definition) is 3. The van der Waals surface area contributed by atoms with Crippen molar-refractivity contribution in [2.75, 3.05) is 11.1 Å². The monoisotopic (exact) mass is 447 g/mol. The van der Waals surface area contributed by atoms with Crippen LogP contribution in [-0.2, 0) is 11.3 Å². The van der Waals surface area contributed by atoms with E-state index in [4.69, 9.17) is 20.9 Å². The molecule has 172 valence electrons. The molecule has 9 heteroatoms. The van der Waals surface area contributed by atoms with Gasteiger partial charge in [-0.2, -0.15) is 15.0 Å². The van der Waals surface area contributed by atoms with Crippen molar-refractivity contribution in [3.8, 4) is 11.5 Å². The summed E-state index contributed by atoms with van der Waals surface area (Å²) in [6.45, 7) is 2.16. The van der Waals surface area contributed by atoms with E-state index in [1.165, 1.54) is 6.42 Å². The van der Waals surface area contributed by atoms with Gasteiger partial charge in [-0.05, 0) is 56.2 Å². The van der Waals surface area contributed by atoms with E-state index in [9.17, 15) is 0 Å². The molecule has 5 N–H and O–H groups in total. The SMILES string of the molecule is CC1(N=C(N)OCc2nc(N)nc(Nc3ccc(Oc4ccccc4)cc3)n2)CCCCC1. The van der Waals surface area contributed by atoms with Crippen LogP contribution in [-0.4, -0.2) is 26.5 Å². The number of benzene rings is 2. The molecule has 0 saturated heterocycles. The largest absolute Gasteiger partial charge is 0.457 e. The summed E-state index contributed by atoms with van der Waals surface area (Å²) in [7, 11) is 0. The Morgan fingerprint density at radius 3 is 2.39 bits per heavy atom. The Hall–Kier alpha value is -3.88. The summed E-state index contributed by atoms with van der Waals surface area (Å²) in [5.74, 6) is 2.25. The van der Waals surface area contributed by atoms with Crippen LogP contribution in [0, 0.1) is 0 Å². The van der Waals surface area contributed by atoms with Crippen LogP contribution in [0.1, 0.15) is 44.9 Å². The molecule has 0 unspecified atom stereocenters. The quantitative estimate of drug-likeness (QED) is 0.355. The van der Waals surface area contributed by atoms with E-state index in [0.29, 0.717) is 11.8 Å². The highest BCUT2D eigenvalue weighted by molar-refractivity contribution is 5.71. The summed E-state index contributed by atoms with van der Waals surface area (Å²) in [4.78, 5) is 17.2. The fraction of sp³-hybridized carbons (Fsp3) is 0.333. The first kappa shape index (κ1) is 22.3. The van der Waals surface area contributed by atoms with Gasteiger partial charge < -0.3 is 26.3 Å². The fourth-order valence-electron chi connectivity index (χ4n) is 3.78. The van der Waals surface area contributed by atoms with E-state index in [0.717, 1.165) is 42.9 Å². The summed E-state index contributed by atoms with van der Waals surface area (Å²) in [6.07, 6.45) is 5.59. The van der Waals surface area contributed by atoms with Crippen molar-refractivity contribution < 1.29 is 9.47 Å². The number of hydrogen-bond acceptors (Lipinski definition) is 8. The number of para-hydroxylation sites is 1. The lowest BCUT2D eigenvalue weighted by atomic mass is 9.84. The number of aromatic nitrogens is 3. The molecule has 0 spiro atoms. The van der Waals surface area contributed by atoms with E-state index in [2.05, 4.69) is 32.2 Å². The third-order valence-corrected chi connectivity index (χ3v) is 5.45. The Bertz CT molecular complexity index is 1080. The molecule has 1 aliphatic carbocycles. The van der Waals surface area contributed by atoms with Crippen molar-refractivity contribution in [3.05, 3.63) is 60.4 Å². The maximum atomic E-state index is 6.00. The van der Waals surface area contributed by atoms with Gasteiger partial charge in [0.05, 0.1) is 5.54 Å². The number of nitrogens with zero attached hydrogens (tertiary/aromatic N) is 4. The van der Waals surface area contributed by atoms with Gasteiger partial charge in [-0.3, -0.25) is 0 Å². The van der Waals surface area contributed by atoms with Crippen molar-refractivity contribution in [1.29, 1.82) is 0 Å². The number of amidine groups is 1. The summed E-state index contributed by atoms with van der Waals surface area (Å²) < 4.78 is 11.4. The van der Waals surface area contributed by atoms with Crippen LogP contribution < -0.4 is 21.5 Å². The maximum Gasteiger partial charge on any atom is 0.282 e. The van der Waals surface area contributed by atoms with Crippen LogP contribution in [0.3, 0.4) is 0 Å². The van der Waals surface area contributed by atoms with Gasteiger partial charge in [0, 0.05) is 5.69 Å². The molecule has 4 rings (SSSR count). The van der Waals surface area contributed by atoms with Crippen molar-refractivity contribution >= 4 is 23.6 Å². The van der Waals surface area contributed by atoms with E-state index in [1.54, 1.807) is 0 Å². The van der Waals surface area contributed by atoms with Crippen molar-refractivity contribution in [1.82, 2.24) is 15.0 Å². The standard InChI is InChI=1S/C24H29N7O2/c1-24(14-6-3-7-15-24)31-22(26)32-16-20-28-21(25)30-23(29-20)27-17-10-12-19(13-11-17)33-18-8-4-2-5-9-18/h2,4-5,8-13H,3,6-7,14-16H2,1H3,(H2,26,31)(H3,25,27,28,29,30). The first-order valence-electron chi connectivity index (χ1n) is 11.1.